The van der Waals surface area contributed by atoms with Crippen molar-refractivity contribution >= 4 is 5.69 Å². The number of aromatic nitrogens is 1. The van der Waals surface area contributed by atoms with E-state index < -0.39 is 0 Å². The number of nitriles is 1. The van der Waals surface area contributed by atoms with Gasteiger partial charge in [0.05, 0.1) is 12.3 Å². The monoisotopic (exact) mass is 209 g/mol. The summed E-state index contributed by atoms with van der Waals surface area (Å²) >= 11 is 0. The predicted octanol–water partition coefficient (Wildman–Crippen LogP) is 0.893. The number of hydrogen-bond donors (Lipinski definition) is 1. The highest BCUT2D eigenvalue weighted by Crippen LogP contribution is 2.25. The second-order valence-corrected chi connectivity index (χ2v) is 3.34. The molecule has 0 amide bonds. The molecule has 0 aliphatic carbocycles. The molecule has 15 heavy (non-hydrogen) atoms. The maximum Gasteiger partial charge on any atom is 0.218 e. The van der Waals surface area contributed by atoms with Crippen molar-refractivity contribution in [2.75, 3.05) is 19.5 Å². The quantitative estimate of drug-likeness (QED) is 0.799. The normalized spacial score (nSPS) is 12.1. The molecule has 0 saturated heterocycles. The number of rotatable bonds is 4. The van der Waals surface area contributed by atoms with Crippen molar-refractivity contribution in [2.45, 2.75) is 13.0 Å². The number of hydrogen-bond acceptors (Lipinski definition) is 4. The van der Waals surface area contributed by atoms with Crippen LogP contribution in [0.5, 0.6) is 5.88 Å². The molecule has 0 bridgehead atoms. The van der Waals surface area contributed by atoms with Gasteiger partial charge in [-0.25, -0.2) is 0 Å². The van der Waals surface area contributed by atoms with Gasteiger partial charge in [-0.15, -0.1) is 0 Å². The Morgan fingerprint density at radius 2 is 2.33 bits per heavy atom. The lowest BCUT2D eigenvalue weighted by molar-refractivity contribution is 0.0873. The Bertz CT molecular complexity index is 379. The summed E-state index contributed by atoms with van der Waals surface area (Å²) in [5, 5.41) is 8.79. The molecular weight excluding hydrogens is 194 g/mol. The van der Waals surface area contributed by atoms with E-state index in [0.717, 1.165) is 0 Å². The number of nitrogens with zero attached hydrogens (tertiary/aromatic N) is 2. The molecule has 5 heteroatoms. The SMILES string of the molecule is COCC(C)Oc1c(N)cc(C#N)n1C. The Morgan fingerprint density at radius 3 is 2.80 bits per heavy atom. The maximum absolute atomic E-state index is 8.79. The largest absolute Gasteiger partial charge is 0.472 e. The van der Waals surface area contributed by atoms with E-state index in [0.29, 0.717) is 23.9 Å². The average molecular weight is 209 g/mol. The molecule has 1 rings (SSSR count). The predicted molar refractivity (Wildman–Crippen MR) is 56.5 cm³/mol. The fourth-order valence-corrected chi connectivity index (χ4v) is 1.32. The van der Waals surface area contributed by atoms with Crippen molar-refractivity contribution in [2.24, 2.45) is 7.05 Å². The minimum Gasteiger partial charge on any atom is -0.472 e. The Hall–Kier alpha value is -1.67. The van der Waals surface area contributed by atoms with E-state index in [2.05, 4.69) is 0 Å². The third-order valence-corrected chi connectivity index (χ3v) is 2.03. The molecule has 1 aromatic rings. The number of anilines is 1. The smallest absolute Gasteiger partial charge is 0.218 e. The molecule has 5 nitrogen and oxygen atoms in total. The first-order valence-corrected chi connectivity index (χ1v) is 4.61. The molecule has 1 aromatic heterocycles. The third-order valence-electron chi connectivity index (χ3n) is 2.03. The van der Waals surface area contributed by atoms with Gasteiger partial charge >= 0.3 is 0 Å². The fraction of sp³-hybridized carbons (Fsp3) is 0.500. The van der Waals surface area contributed by atoms with Crippen LogP contribution in [0, 0.1) is 11.3 Å². The van der Waals surface area contributed by atoms with Crippen molar-refractivity contribution in [1.82, 2.24) is 4.57 Å². The first-order valence-electron chi connectivity index (χ1n) is 4.61. The number of ether oxygens (including phenoxy) is 2. The van der Waals surface area contributed by atoms with Crippen molar-refractivity contribution in [3.05, 3.63) is 11.8 Å². The van der Waals surface area contributed by atoms with Crippen LogP contribution in [-0.2, 0) is 11.8 Å². The van der Waals surface area contributed by atoms with Gasteiger partial charge in [-0.05, 0) is 6.92 Å². The highest BCUT2D eigenvalue weighted by Gasteiger charge is 2.13. The molecule has 2 N–H and O–H groups in total. The molecule has 0 radical (unpaired) electrons. The van der Waals surface area contributed by atoms with Gasteiger partial charge in [0.2, 0.25) is 5.88 Å². The van der Waals surface area contributed by atoms with Crippen molar-refractivity contribution in [3.8, 4) is 11.9 Å². The van der Waals surface area contributed by atoms with Crippen LogP contribution in [-0.4, -0.2) is 24.4 Å². The maximum atomic E-state index is 8.79. The lowest BCUT2D eigenvalue weighted by Gasteiger charge is -2.14. The van der Waals surface area contributed by atoms with Crippen molar-refractivity contribution in [1.29, 1.82) is 5.26 Å². The van der Waals surface area contributed by atoms with E-state index in [-0.39, 0.29) is 6.10 Å². The molecule has 0 saturated carbocycles. The fourth-order valence-electron chi connectivity index (χ4n) is 1.32. The summed E-state index contributed by atoms with van der Waals surface area (Å²) in [7, 11) is 3.35. The van der Waals surface area contributed by atoms with Gasteiger partial charge in [-0.2, -0.15) is 5.26 Å². The topological polar surface area (TPSA) is 73.2 Å². The van der Waals surface area contributed by atoms with Crippen LogP contribution < -0.4 is 10.5 Å². The summed E-state index contributed by atoms with van der Waals surface area (Å²) in [6, 6.07) is 3.63. The van der Waals surface area contributed by atoms with Gasteiger partial charge in [-0.1, -0.05) is 0 Å². The molecule has 0 aromatic carbocycles. The summed E-state index contributed by atoms with van der Waals surface area (Å²) in [4.78, 5) is 0. The zero-order valence-corrected chi connectivity index (χ0v) is 9.15. The van der Waals surface area contributed by atoms with Crippen molar-refractivity contribution in [3.63, 3.8) is 0 Å². The molecule has 82 valence electrons. The van der Waals surface area contributed by atoms with Gasteiger partial charge in [-0.3, -0.25) is 0 Å². The second kappa shape index (κ2) is 4.71. The van der Waals surface area contributed by atoms with Gasteiger partial charge in [0.1, 0.15) is 17.9 Å². The number of methoxy groups -OCH3 is 1. The summed E-state index contributed by atoms with van der Waals surface area (Å²) in [6.45, 7) is 2.36. The molecule has 0 aliphatic rings. The molecule has 1 heterocycles. The van der Waals surface area contributed by atoms with Crippen LogP contribution in [0.3, 0.4) is 0 Å². The molecular formula is C10H15N3O2. The Labute approximate surface area is 89.0 Å². The van der Waals surface area contributed by atoms with E-state index >= 15 is 0 Å². The van der Waals surface area contributed by atoms with Gasteiger partial charge < -0.3 is 19.8 Å². The van der Waals surface area contributed by atoms with E-state index in [4.69, 9.17) is 20.5 Å². The minimum absolute atomic E-state index is 0.0996. The number of nitrogen functional groups attached to an aromatic ring is 1. The number of nitrogens with two attached hydrogens (primary N) is 1. The molecule has 0 aliphatic heterocycles. The first-order chi connectivity index (χ1) is 7.10. The second-order valence-electron chi connectivity index (χ2n) is 3.34. The summed E-state index contributed by atoms with van der Waals surface area (Å²) in [6.07, 6.45) is -0.0996. The average Bonchev–Trinajstić information content (AvgIpc) is 2.45. The molecule has 1 unspecified atom stereocenters. The Balaban J connectivity index is 2.86. The van der Waals surface area contributed by atoms with E-state index in [1.165, 1.54) is 0 Å². The van der Waals surface area contributed by atoms with Gasteiger partial charge in [0.15, 0.2) is 0 Å². The zero-order valence-electron chi connectivity index (χ0n) is 9.15. The highest BCUT2D eigenvalue weighted by atomic mass is 16.5. The van der Waals surface area contributed by atoms with E-state index in [1.54, 1.807) is 24.8 Å². The Morgan fingerprint density at radius 1 is 1.67 bits per heavy atom. The minimum atomic E-state index is -0.0996. The van der Waals surface area contributed by atoms with Crippen LogP contribution in [0.1, 0.15) is 12.6 Å². The lowest BCUT2D eigenvalue weighted by Crippen LogP contribution is -2.20. The lowest BCUT2D eigenvalue weighted by atomic mass is 10.4. The van der Waals surface area contributed by atoms with Crippen LogP contribution in [0.2, 0.25) is 0 Å². The third kappa shape index (κ3) is 2.42. The van der Waals surface area contributed by atoms with E-state index in [9.17, 15) is 0 Å². The molecule has 1 atom stereocenters. The summed E-state index contributed by atoms with van der Waals surface area (Å²) < 4.78 is 12.1. The van der Waals surface area contributed by atoms with Gasteiger partial charge in [0.25, 0.3) is 0 Å². The summed E-state index contributed by atoms with van der Waals surface area (Å²) in [5.41, 5.74) is 6.67. The van der Waals surface area contributed by atoms with Gasteiger partial charge in [0, 0.05) is 20.2 Å². The van der Waals surface area contributed by atoms with Crippen LogP contribution in [0.25, 0.3) is 0 Å². The molecule has 0 fully saturated rings. The van der Waals surface area contributed by atoms with Crippen molar-refractivity contribution < 1.29 is 9.47 Å². The van der Waals surface area contributed by atoms with Crippen LogP contribution >= 0.6 is 0 Å². The first kappa shape index (κ1) is 11.4. The van der Waals surface area contributed by atoms with E-state index in [1.807, 2.05) is 13.0 Å². The Kier molecular flexibility index (Phi) is 3.58. The highest BCUT2D eigenvalue weighted by molar-refractivity contribution is 5.54. The standard InChI is InChI=1S/C10H15N3O2/c1-7(6-14-3)15-10-9(12)4-8(5-11)13(10)2/h4,7H,6,12H2,1-3H3. The van der Waals surface area contributed by atoms with Crippen LogP contribution in [0.4, 0.5) is 5.69 Å². The zero-order chi connectivity index (χ0) is 11.4. The summed E-state index contributed by atoms with van der Waals surface area (Å²) in [5.74, 6) is 0.510. The van der Waals surface area contributed by atoms with Crippen LogP contribution in [0.15, 0.2) is 6.07 Å². The molecule has 0 spiro atoms.